The molecule has 1 aliphatic heterocycles. The highest BCUT2D eigenvalue weighted by Crippen LogP contribution is 2.42. The first-order valence-corrected chi connectivity index (χ1v) is 10.8. The molecule has 1 aliphatic rings. The first-order valence-electron chi connectivity index (χ1n) is 10.8. The molecule has 0 amide bonds. The van der Waals surface area contributed by atoms with Crippen molar-refractivity contribution in [2.75, 3.05) is 26.3 Å². The van der Waals surface area contributed by atoms with E-state index < -0.39 is 29.7 Å². The highest BCUT2D eigenvalue weighted by Gasteiger charge is 2.39. The molecule has 1 fully saturated rings. The van der Waals surface area contributed by atoms with Crippen molar-refractivity contribution in [3.63, 3.8) is 0 Å². The average molecular weight is 451 g/mol. The second-order valence-corrected chi connectivity index (χ2v) is 7.73. The number of carbonyl (C=O) groups is 1. The standard InChI is InChI=1S/C24H28F3NO4/c1-3-31-20-12-11-16(14-21(20)32-4-2)22(28-13-7-8-17(15-28)23(29)30)18-9-5-6-10-19(18)24(25,26)27/h5-6,9-12,14,17,22H,3-4,7-8,13,15H2,1-2H3,(H,29,30). The largest absolute Gasteiger partial charge is 0.490 e. The Hall–Kier alpha value is -2.74. The molecule has 0 saturated carbocycles. The summed E-state index contributed by atoms with van der Waals surface area (Å²) in [6, 6.07) is 9.84. The second kappa shape index (κ2) is 10.3. The smallest absolute Gasteiger partial charge is 0.416 e. The van der Waals surface area contributed by atoms with Crippen molar-refractivity contribution in [3.05, 3.63) is 59.2 Å². The van der Waals surface area contributed by atoms with Gasteiger partial charge in [0, 0.05) is 6.54 Å². The Morgan fingerprint density at radius 1 is 1.12 bits per heavy atom. The van der Waals surface area contributed by atoms with Gasteiger partial charge in [-0.25, -0.2) is 0 Å². The molecule has 0 aromatic heterocycles. The minimum atomic E-state index is -4.54. The van der Waals surface area contributed by atoms with Crippen molar-refractivity contribution in [3.8, 4) is 11.5 Å². The van der Waals surface area contributed by atoms with Crippen molar-refractivity contribution >= 4 is 5.97 Å². The molecule has 32 heavy (non-hydrogen) atoms. The van der Waals surface area contributed by atoms with Crippen LogP contribution in [-0.4, -0.2) is 42.3 Å². The van der Waals surface area contributed by atoms with Gasteiger partial charge in [-0.2, -0.15) is 13.2 Å². The van der Waals surface area contributed by atoms with E-state index in [0.29, 0.717) is 49.7 Å². The van der Waals surface area contributed by atoms with Gasteiger partial charge in [0.05, 0.1) is 30.7 Å². The minimum Gasteiger partial charge on any atom is -0.490 e. The molecule has 0 aliphatic carbocycles. The van der Waals surface area contributed by atoms with E-state index in [4.69, 9.17) is 9.47 Å². The van der Waals surface area contributed by atoms with Crippen LogP contribution in [0.2, 0.25) is 0 Å². The Bertz CT molecular complexity index is 932. The maximum atomic E-state index is 13.9. The van der Waals surface area contributed by atoms with Gasteiger partial charge in [-0.1, -0.05) is 24.3 Å². The number of rotatable bonds is 8. The number of carboxylic acids is 1. The lowest BCUT2D eigenvalue weighted by atomic mass is 9.89. The molecular weight excluding hydrogens is 423 g/mol. The lowest BCUT2D eigenvalue weighted by molar-refractivity contribution is -0.144. The Kier molecular flexibility index (Phi) is 7.66. The van der Waals surface area contributed by atoms with Crippen LogP contribution in [0.1, 0.15) is 49.4 Å². The Morgan fingerprint density at radius 3 is 2.47 bits per heavy atom. The monoisotopic (exact) mass is 451 g/mol. The number of nitrogens with zero attached hydrogens (tertiary/aromatic N) is 1. The predicted octanol–water partition coefficient (Wildman–Crippen LogP) is 5.39. The van der Waals surface area contributed by atoms with Crippen LogP contribution < -0.4 is 9.47 Å². The summed E-state index contributed by atoms with van der Waals surface area (Å²) in [4.78, 5) is 13.5. The van der Waals surface area contributed by atoms with E-state index in [0.717, 1.165) is 6.07 Å². The highest BCUT2D eigenvalue weighted by atomic mass is 19.4. The summed E-state index contributed by atoms with van der Waals surface area (Å²) in [6.07, 6.45) is -3.44. The van der Waals surface area contributed by atoms with E-state index in [1.807, 2.05) is 18.7 Å². The molecule has 3 rings (SSSR count). The fourth-order valence-corrected chi connectivity index (χ4v) is 4.26. The van der Waals surface area contributed by atoms with Crippen molar-refractivity contribution in [1.82, 2.24) is 4.90 Å². The molecule has 2 aromatic rings. The third-order valence-electron chi connectivity index (χ3n) is 5.61. The number of carboxylic acid groups (broad SMARTS) is 1. The summed E-state index contributed by atoms with van der Waals surface area (Å²) in [5, 5.41) is 9.53. The number of benzene rings is 2. The number of likely N-dealkylation sites (tertiary alicyclic amines) is 1. The van der Waals surface area contributed by atoms with Gasteiger partial charge < -0.3 is 14.6 Å². The van der Waals surface area contributed by atoms with Crippen LogP contribution in [0.15, 0.2) is 42.5 Å². The van der Waals surface area contributed by atoms with Gasteiger partial charge in [0.1, 0.15) is 0 Å². The number of piperidine rings is 1. The summed E-state index contributed by atoms with van der Waals surface area (Å²) < 4.78 is 53.0. The Balaban J connectivity index is 2.14. The Labute approximate surface area is 185 Å². The first kappa shape index (κ1) is 23.9. The van der Waals surface area contributed by atoms with E-state index in [-0.39, 0.29) is 12.1 Å². The number of ether oxygens (including phenoxy) is 2. The maximum absolute atomic E-state index is 13.9. The fourth-order valence-electron chi connectivity index (χ4n) is 4.26. The number of hydrogen-bond acceptors (Lipinski definition) is 4. The third kappa shape index (κ3) is 5.35. The molecule has 5 nitrogen and oxygen atoms in total. The van der Waals surface area contributed by atoms with Crippen LogP contribution in [0, 0.1) is 5.92 Å². The SMILES string of the molecule is CCOc1ccc(C(c2ccccc2C(F)(F)F)N2CCCC(C(=O)O)C2)cc1OCC. The van der Waals surface area contributed by atoms with Crippen molar-refractivity contribution < 1.29 is 32.5 Å². The second-order valence-electron chi connectivity index (χ2n) is 7.73. The molecular formula is C24H28F3NO4. The summed E-state index contributed by atoms with van der Waals surface area (Å²) in [7, 11) is 0. The summed E-state index contributed by atoms with van der Waals surface area (Å²) in [6.45, 7) is 5.12. The van der Waals surface area contributed by atoms with E-state index in [1.165, 1.54) is 12.1 Å². The van der Waals surface area contributed by atoms with E-state index in [9.17, 15) is 23.1 Å². The van der Waals surface area contributed by atoms with Crippen LogP contribution in [0.3, 0.4) is 0 Å². The lowest BCUT2D eigenvalue weighted by Crippen LogP contribution is -2.41. The van der Waals surface area contributed by atoms with Crippen LogP contribution >= 0.6 is 0 Å². The van der Waals surface area contributed by atoms with Crippen LogP contribution in [0.4, 0.5) is 13.2 Å². The van der Waals surface area contributed by atoms with Crippen LogP contribution in [0.5, 0.6) is 11.5 Å². The van der Waals surface area contributed by atoms with Gasteiger partial charge in [-0.05, 0) is 62.6 Å². The van der Waals surface area contributed by atoms with Crippen molar-refractivity contribution in [2.24, 2.45) is 5.92 Å². The van der Waals surface area contributed by atoms with Crippen molar-refractivity contribution in [2.45, 2.75) is 38.9 Å². The summed E-state index contributed by atoms with van der Waals surface area (Å²) in [5.41, 5.74) is -0.0356. The minimum absolute atomic E-state index is 0.0950. The molecule has 0 bridgehead atoms. The molecule has 0 spiro atoms. The predicted molar refractivity (Wildman–Crippen MR) is 114 cm³/mol. The first-order chi connectivity index (χ1) is 15.3. The van der Waals surface area contributed by atoms with E-state index in [1.54, 1.807) is 24.3 Å². The number of alkyl halides is 3. The molecule has 0 radical (unpaired) electrons. The molecule has 1 heterocycles. The van der Waals surface area contributed by atoms with Crippen LogP contribution in [-0.2, 0) is 11.0 Å². The van der Waals surface area contributed by atoms with E-state index >= 15 is 0 Å². The lowest BCUT2D eigenvalue weighted by Gasteiger charge is -2.38. The summed E-state index contributed by atoms with van der Waals surface area (Å²) >= 11 is 0. The quantitative estimate of drug-likeness (QED) is 0.583. The van der Waals surface area contributed by atoms with Gasteiger partial charge >= 0.3 is 12.1 Å². The highest BCUT2D eigenvalue weighted by molar-refractivity contribution is 5.70. The molecule has 1 saturated heterocycles. The van der Waals surface area contributed by atoms with Crippen molar-refractivity contribution in [1.29, 1.82) is 0 Å². The number of aliphatic carboxylic acids is 1. The molecule has 1 N–H and O–H groups in total. The Morgan fingerprint density at radius 2 is 1.81 bits per heavy atom. The molecule has 174 valence electrons. The molecule has 2 aromatic carbocycles. The van der Waals surface area contributed by atoms with Crippen LogP contribution in [0.25, 0.3) is 0 Å². The number of hydrogen-bond donors (Lipinski definition) is 1. The third-order valence-corrected chi connectivity index (χ3v) is 5.61. The van der Waals surface area contributed by atoms with E-state index in [2.05, 4.69) is 0 Å². The normalized spacial score (nSPS) is 18.2. The van der Waals surface area contributed by atoms with Gasteiger partial charge in [0.2, 0.25) is 0 Å². The zero-order valence-electron chi connectivity index (χ0n) is 18.2. The van der Waals surface area contributed by atoms with Gasteiger partial charge in [-0.3, -0.25) is 9.69 Å². The molecule has 2 atom stereocenters. The molecule has 8 heteroatoms. The van der Waals surface area contributed by atoms with Gasteiger partial charge in [0.25, 0.3) is 0 Å². The van der Waals surface area contributed by atoms with Gasteiger partial charge in [0.15, 0.2) is 11.5 Å². The topological polar surface area (TPSA) is 59.0 Å². The number of halogens is 3. The maximum Gasteiger partial charge on any atom is 0.416 e. The zero-order valence-corrected chi connectivity index (χ0v) is 18.2. The van der Waals surface area contributed by atoms with Gasteiger partial charge in [-0.15, -0.1) is 0 Å². The fraction of sp³-hybridized carbons (Fsp3) is 0.458. The zero-order chi connectivity index (χ0) is 23.3. The summed E-state index contributed by atoms with van der Waals surface area (Å²) in [5.74, 6) is -0.589. The average Bonchev–Trinajstić information content (AvgIpc) is 2.76. The molecule has 2 unspecified atom stereocenters.